The van der Waals surface area contributed by atoms with Gasteiger partial charge in [-0.3, -0.25) is 4.79 Å². The fourth-order valence-electron chi connectivity index (χ4n) is 2.97. The van der Waals surface area contributed by atoms with E-state index in [-0.39, 0.29) is 22.9 Å². The first kappa shape index (κ1) is 18.9. The number of carbonyl (C=O) groups is 1. The summed E-state index contributed by atoms with van der Waals surface area (Å²) in [5.41, 5.74) is 0.617. The molecular formula is C17H28N3O3S+. The van der Waals surface area contributed by atoms with Crippen LogP contribution in [-0.2, 0) is 14.8 Å². The number of nitrogens with one attached hydrogen (secondary N) is 3. The van der Waals surface area contributed by atoms with Gasteiger partial charge in [0.15, 0.2) is 6.04 Å². The number of anilines is 1. The molecule has 134 valence electrons. The molecule has 1 fully saturated rings. The molecule has 1 aromatic rings. The Hall–Kier alpha value is -1.44. The zero-order chi connectivity index (χ0) is 17.7. The van der Waals surface area contributed by atoms with Crippen molar-refractivity contribution in [2.24, 2.45) is 0 Å². The maximum atomic E-state index is 12.4. The molecule has 1 saturated heterocycles. The molecule has 0 aliphatic carbocycles. The normalized spacial score (nSPS) is 17.7. The average molecular weight is 354 g/mol. The van der Waals surface area contributed by atoms with E-state index in [0.29, 0.717) is 5.69 Å². The van der Waals surface area contributed by atoms with Crippen LogP contribution in [-0.4, -0.2) is 39.5 Å². The second-order valence-corrected chi connectivity index (χ2v) is 8.44. The summed E-state index contributed by atoms with van der Waals surface area (Å²) in [6.07, 6.45) is 3.59. The predicted molar refractivity (Wildman–Crippen MR) is 94.5 cm³/mol. The van der Waals surface area contributed by atoms with Crippen LogP contribution in [0.15, 0.2) is 29.2 Å². The van der Waals surface area contributed by atoms with E-state index in [0.717, 1.165) is 13.1 Å². The molecule has 1 aromatic carbocycles. The van der Waals surface area contributed by atoms with Crippen LogP contribution in [0.25, 0.3) is 0 Å². The first-order chi connectivity index (χ1) is 11.3. The molecule has 0 bridgehead atoms. The summed E-state index contributed by atoms with van der Waals surface area (Å²) in [6.45, 7) is 7.56. The number of rotatable bonds is 6. The van der Waals surface area contributed by atoms with E-state index in [2.05, 4.69) is 10.0 Å². The maximum Gasteiger partial charge on any atom is 0.282 e. The number of quaternary nitrogens is 1. The first-order valence-electron chi connectivity index (χ1n) is 8.57. The molecule has 0 spiro atoms. The number of benzene rings is 1. The minimum absolute atomic E-state index is 0.0252. The van der Waals surface area contributed by atoms with Gasteiger partial charge in [0.05, 0.1) is 18.0 Å². The van der Waals surface area contributed by atoms with Gasteiger partial charge in [-0.1, -0.05) is 0 Å². The third-order valence-corrected chi connectivity index (χ3v) is 6.00. The number of hydrogen-bond acceptors (Lipinski definition) is 3. The molecular weight excluding hydrogens is 326 g/mol. The molecule has 7 heteroatoms. The Morgan fingerprint density at radius 2 is 1.62 bits per heavy atom. The zero-order valence-corrected chi connectivity index (χ0v) is 15.4. The molecule has 1 atom stereocenters. The Morgan fingerprint density at radius 3 is 2.17 bits per heavy atom. The van der Waals surface area contributed by atoms with Gasteiger partial charge in [-0.05, 0) is 64.3 Å². The highest BCUT2D eigenvalue weighted by molar-refractivity contribution is 7.89. The monoisotopic (exact) mass is 354 g/mol. The quantitative estimate of drug-likeness (QED) is 0.706. The van der Waals surface area contributed by atoms with Crippen LogP contribution < -0.4 is 14.9 Å². The van der Waals surface area contributed by atoms with Crippen LogP contribution in [0.3, 0.4) is 0 Å². The zero-order valence-electron chi connectivity index (χ0n) is 14.6. The fourth-order valence-corrected chi connectivity index (χ4v) is 4.22. The van der Waals surface area contributed by atoms with Crippen LogP contribution >= 0.6 is 0 Å². The van der Waals surface area contributed by atoms with Crippen molar-refractivity contribution in [1.82, 2.24) is 4.72 Å². The lowest BCUT2D eigenvalue weighted by Gasteiger charge is -2.28. The fraction of sp³-hybridized carbons (Fsp3) is 0.588. The van der Waals surface area contributed by atoms with Gasteiger partial charge in [0.25, 0.3) is 5.91 Å². The SMILES string of the molecule is CC(C)NS(=O)(=O)c1ccc(NC(=O)[C@@H](C)[NH+]2CCCCC2)cc1. The van der Waals surface area contributed by atoms with Crippen molar-refractivity contribution in [3.05, 3.63) is 24.3 Å². The molecule has 2 rings (SSSR count). The third kappa shape index (κ3) is 5.03. The number of amides is 1. The lowest BCUT2D eigenvalue weighted by atomic mass is 10.1. The smallest absolute Gasteiger partial charge is 0.282 e. The largest absolute Gasteiger partial charge is 0.325 e. The van der Waals surface area contributed by atoms with E-state index in [4.69, 9.17) is 0 Å². The van der Waals surface area contributed by atoms with Crippen molar-refractivity contribution in [3.63, 3.8) is 0 Å². The van der Waals surface area contributed by atoms with E-state index in [1.165, 1.54) is 36.3 Å². The molecule has 1 aliphatic heterocycles. The van der Waals surface area contributed by atoms with Crippen molar-refractivity contribution in [1.29, 1.82) is 0 Å². The van der Waals surface area contributed by atoms with Crippen LogP contribution in [0.1, 0.15) is 40.0 Å². The van der Waals surface area contributed by atoms with Gasteiger partial charge in [-0.2, -0.15) is 0 Å². The molecule has 24 heavy (non-hydrogen) atoms. The summed E-state index contributed by atoms with van der Waals surface area (Å²) < 4.78 is 26.7. The summed E-state index contributed by atoms with van der Waals surface area (Å²) in [4.78, 5) is 13.9. The lowest BCUT2D eigenvalue weighted by Crippen LogP contribution is -3.17. The highest BCUT2D eigenvalue weighted by Crippen LogP contribution is 2.14. The van der Waals surface area contributed by atoms with Gasteiger partial charge < -0.3 is 10.2 Å². The maximum absolute atomic E-state index is 12.4. The predicted octanol–water partition coefficient (Wildman–Crippen LogP) is 0.769. The van der Waals surface area contributed by atoms with Crippen LogP contribution in [0.4, 0.5) is 5.69 Å². The Kier molecular flexibility index (Phi) is 6.37. The second-order valence-electron chi connectivity index (χ2n) is 6.73. The number of sulfonamides is 1. The Balaban J connectivity index is 1.99. The number of piperidine rings is 1. The summed E-state index contributed by atoms with van der Waals surface area (Å²) in [5.74, 6) is -0.0252. The number of likely N-dealkylation sites (tertiary alicyclic amines) is 1. The van der Waals surface area contributed by atoms with Gasteiger partial charge in [-0.15, -0.1) is 0 Å². The Morgan fingerprint density at radius 1 is 1.04 bits per heavy atom. The van der Waals surface area contributed by atoms with Crippen LogP contribution in [0.2, 0.25) is 0 Å². The minimum atomic E-state index is -3.51. The van der Waals surface area contributed by atoms with Crippen molar-refractivity contribution in [2.45, 2.75) is 57.0 Å². The van der Waals surface area contributed by atoms with E-state index in [1.807, 2.05) is 6.92 Å². The van der Waals surface area contributed by atoms with E-state index < -0.39 is 10.0 Å². The summed E-state index contributed by atoms with van der Waals surface area (Å²) in [7, 11) is -3.51. The highest BCUT2D eigenvalue weighted by Gasteiger charge is 2.26. The summed E-state index contributed by atoms with van der Waals surface area (Å²) >= 11 is 0. The molecule has 0 aromatic heterocycles. The first-order valence-corrected chi connectivity index (χ1v) is 10.1. The average Bonchev–Trinajstić information content (AvgIpc) is 2.54. The van der Waals surface area contributed by atoms with Crippen molar-refractivity contribution < 1.29 is 18.1 Å². The topological polar surface area (TPSA) is 79.7 Å². The van der Waals surface area contributed by atoms with Gasteiger partial charge >= 0.3 is 0 Å². The van der Waals surface area contributed by atoms with Gasteiger partial charge in [0.1, 0.15) is 0 Å². The Labute approximate surface area is 144 Å². The van der Waals surface area contributed by atoms with Crippen molar-refractivity contribution in [3.8, 4) is 0 Å². The molecule has 1 amide bonds. The summed E-state index contributed by atoms with van der Waals surface area (Å²) in [5, 5.41) is 2.88. The van der Waals surface area contributed by atoms with Gasteiger partial charge in [0, 0.05) is 11.7 Å². The molecule has 6 nitrogen and oxygen atoms in total. The van der Waals surface area contributed by atoms with Crippen LogP contribution in [0, 0.1) is 0 Å². The standard InChI is InChI=1S/C17H27N3O3S/c1-13(2)19-24(22,23)16-9-7-15(8-10-16)18-17(21)14(3)20-11-5-4-6-12-20/h7-10,13-14,19H,4-6,11-12H2,1-3H3,(H,18,21)/p+1/t14-/m1/s1. The van der Waals surface area contributed by atoms with Crippen molar-refractivity contribution in [2.75, 3.05) is 18.4 Å². The molecule has 0 unspecified atom stereocenters. The number of carbonyl (C=O) groups excluding carboxylic acids is 1. The van der Waals surface area contributed by atoms with Crippen LogP contribution in [0.5, 0.6) is 0 Å². The third-order valence-electron chi connectivity index (χ3n) is 4.32. The second kappa shape index (κ2) is 8.09. The molecule has 1 heterocycles. The summed E-state index contributed by atoms with van der Waals surface area (Å²) in [6, 6.07) is 6.02. The van der Waals surface area contributed by atoms with Crippen molar-refractivity contribution >= 4 is 21.6 Å². The molecule has 3 N–H and O–H groups in total. The molecule has 0 saturated carbocycles. The van der Waals surface area contributed by atoms with Gasteiger partial charge in [-0.25, -0.2) is 13.1 Å². The molecule has 1 aliphatic rings. The minimum Gasteiger partial charge on any atom is -0.325 e. The van der Waals surface area contributed by atoms with E-state index in [9.17, 15) is 13.2 Å². The lowest BCUT2D eigenvalue weighted by molar-refractivity contribution is -0.918. The van der Waals surface area contributed by atoms with E-state index >= 15 is 0 Å². The highest BCUT2D eigenvalue weighted by atomic mass is 32.2. The molecule has 0 radical (unpaired) electrons. The van der Waals surface area contributed by atoms with Gasteiger partial charge in [0.2, 0.25) is 10.0 Å². The number of hydrogen-bond donors (Lipinski definition) is 3. The van der Waals surface area contributed by atoms with E-state index in [1.54, 1.807) is 26.0 Å². The Bertz CT molecular complexity index is 650.